The van der Waals surface area contributed by atoms with Gasteiger partial charge in [-0.05, 0) is 68.3 Å². The Bertz CT molecular complexity index is 394. The molecule has 3 rings (SSSR count). The molecule has 1 N–H and O–H groups in total. The Balaban J connectivity index is 0.00000161. The lowest BCUT2D eigenvalue weighted by Crippen LogP contribution is -2.30. The molecule has 0 bridgehead atoms. The first-order valence-corrected chi connectivity index (χ1v) is 8.35. The Morgan fingerprint density at radius 1 is 0.905 bits per heavy atom. The molecule has 118 valence electrons. The van der Waals surface area contributed by atoms with E-state index in [0.29, 0.717) is 0 Å². The number of ether oxygens (including phenoxy) is 1. The van der Waals surface area contributed by atoms with E-state index in [0.717, 1.165) is 37.3 Å². The number of benzene rings is 1. The maximum atomic E-state index is 5.96. The van der Waals surface area contributed by atoms with Gasteiger partial charge in [-0.15, -0.1) is 12.4 Å². The fraction of sp³-hybridized carbons (Fsp3) is 0.667. The molecule has 2 nitrogen and oxygen atoms in total. The highest BCUT2D eigenvalue weighted by molar-refractivity contribution is 5.85. The van der Waals surface area contributed by atoms with Gasteiger partial charge < -0.3 is 10.1 Å². The number of piperidine rings is 1. The van der Waals surface area contributed by atoms with E-state index in [1.165, 1.54) is 50.5 Å². The van der Waals surface area contributed by atoms with Crippen molar-refractivity contribution in [3.63, 3.8) is 0 Å². The highest BCUT2D eigenvalue weighted by Crippen LogP contribution is 2.33. The van der Waals surface area contributed by atoms with Crippen molar-refractivity contribution >= 4 is 12.4 Å². The second kappa shape index (κ2) is 8.65. The molecule has 0 unspecified atom stereocenters. The maximum absolute atomic E-state index is 5.96. The fourth-order valence-corrected chi connectivity index (χ4v) is 3.53. The molecule has 3 heteroatoms. The van der Waals surface area contributed by atoms with Gasteiger partial charge in [-0.1, -0.05) is 31.4 Å². The van der Waals surface area contributed by atoms with Crippen molar-refractivity contribution in [3.8, 4) is 5.75 Å². The van der Waals surface area contributed by atoms with Crippen LogP contribution in [0.25, 0.3) is 0 Å². The Kier molecular flexibility index (Phi) is 6.85. The van der Waals surface area contributed by atoms with Crippen LogP contribution in [0.5, 0.6) is 5.75 Å². The Morgan fingerprint density at radius 2 is 1.57 bits per heavy atom. The van der Waals surface area contributed by atoms with E-state index in [1.807, 2.05) is 0 Å². The molecule has 1 saturated carbocycles. The largest absolute Gasteiger partial charge is 0.493 e. The summed E-state index contributed by atoms with van der Waals surface area (Å²) in [7, 11) is 0. The van der Waals surface area contributed by atoms with Gasteiger partial charge in [0, 0.05) is 0 Å². The van der Waals surface area contributed by atoms with E-state index < -0.39 is 0 Å². The lowest BCUT2D eigenvalue weighted by atomic mass is 9.84. The van der Waals surface area contributed by atoms with Crippen molar-refractivity contribution in [1.29, 1.82) is 0 Å². The van der Waals surface area contributed by atoms with Crippen molar-refractivity contribution in [2.24, 2.45) is 5.92 Å². The van der Waals surface area contributed by atoms with Crippen molar-refractivity contribution in [1.82, 2.24) is 5.32 Å². The van der Waals surface area contributed by atoms with Crippen LogP contribution in [-0.2, 0) is 0 Å². The topological polar surface area (TPSA) is 21.3 Å². The quantitative estimate of drug-likeness (QED) is 0.882. The molecule has 1 saturated heterocycles. The Labute approximate surface area is 135 Å². The second-order valence-corrected chi connectivity index (χ2v) is 6.41. The predicted molar refractivity (Wildman–Crippen MR) is 90.6 cm³/mol. The minimum atomic E-state index is 0. The van der Waals surface area contributed by atoms with Crippen molar-refractivity contribution in [2.45, 2.75) is 50.9 Å². The van der Waals surface area contributed by atoms with Gasteiger partial charge in [0.25, 0.3) is 0 Å². The third-order valence-electron chi connectivity index (χ3n) is 4.90. The molecule has 21 heavy (non-hydrogen) atoms. The summed E-state index contributed by atoms with van der Waals surface area (Å²) in [6.45, 7) is 3.17. The summed E-state index contributed by atoms with van der Waals surface area (Å²) in [6, 6.07) is 8.91. The average Bonchev–Trinajstić information content (AvgIpc) is 2.55. The summed E-state index contributed by atoms with van der Waals surface area (Å²) in [5.41, 5.74) is 1.51. The van der Waals surface area contributed by atoms with Gasteiger partial charge in [-0.2, -0.15) is 0 Å². The van der Waals surface area contributed by atoms with Crippen LogP contribution >= 0.6 is 12.4 Å². The molecule has 1 aliphatic carbocycles. The predicted octanol–water partition coefficient (Wildman–Crippen LogP) is 4.53. The van der Waals surface area contributed by atoms with Gasteiger partial charge in [0.2, 0.25) is 0 Å². The minimum absolute atomic E-state index is 0. The maximum Gasteiger partial charge on any atom is 0.119 e. The highest BCUT2D eigenvalue weighted by Gasteiger charge is 2.16. The smallest absolute Gasteiger partial charge is 0.119 e. The summed E-state index contributed by atoms with van der Waals surface area (Å²) in [4.78, 5) is 0. The van der Waals surface area contributed by atoms with Crippen LogP contribution < -0.4 is 10.1 Å². The molecule has 0 atom stereocenters. The molecule has 0 aromatic heterocycles. The first-order chi connectivity index (χ1) is 9.92. The Hall–Kier alpha value is -0.730. The Morgan fingerprint density at radius 3 is 2.24 bits per heavy atom. The van der Waals surface area contributed by atoms with Crippen LogP contribution in [0.4, 0.5) is 0 Å². The minimum Gasteiger partial charge on any atom is -0.493 e. The SMILES string of the molecule is Cl.c1cc(C2CCCCC2)ccc1OCC1CCNCC1. The molecule has 1 aliphatic heterocycles. The normalized spacial score (nSPS) is 20.8. The molecule has 1 aromatic carbocycles. The van der Waals surface area contributed by atoms with Crippen LogP contribution in [0.3, 0.4) is 0 Å². The number of rotatable bonds is 4. The standard InChI is InChI=1S/C18H27NO.ClH/c1-2-4-16(5-3-1)17-6-8-18(9-7-17)20-14-15-10-12-19-13-11-15;/h6-9,15-16,19H,1-5,10-14H2;1H. The average molecular weight is 310 g/mol. The zero-order valence-corrected chi connectivity index (χ0v) is 13.7. The van der Waals surface area contributed by atoms with Crippen LogP contribution in [0, 0.1) is 5.92 Å². The summed E-state index contributed by atoms with van der Waals surface area (Å²) in [5.74, 6) is 2.57. The van der Waals surface area contributed by atoms with E-state index in [9.17, 15) is 0 Å². The number of hydrogen-bond donors (Lipinski definition) is 1. The molecule has 0 amide bonds. The third kappa shape index (κ3) is 4.89. The summed E-state index contributed by atoms with van der Waals surface area (Å²) < 4.78 is 5.96. The molecule has 2 fully saturated rings. The summed E-state index contributed by atoms with van der Waals surface area (Å²) in [6.07, 6.45) is 9.47. The lowest BCUT2D eigenvalue weighted by molar-refractivity contribution is 0.215. The summed E-state index contributed by atoms with van der Waals surface area (Å²) >= 11 is 0. The van der Waals surface area contributed by atoms with E-state index in [4.69, 9.17) is 4.74 Å². The van der Waals surface area contributed by atoms with Gasteiger partial charge in [0.15, 0.2) is 0 Å². The first kappa shape index (κ1) is 16.6. The van der Waals surface area contributed by atoms with Gasteiger partial charge in [-0.25, -0.2) is 0 Å². The van der Waals surface area contributed by atoms with E-state index in [1.54, 1.807) is 0 Å². The molecular formula is C18H28ClNO. The molecule has 1 heterocycles. The zero-order valence-electron chi connectivity index (χ0n) is 12.9. The monoisotopic (exact) mass is 309 g/mol. The van der Waals surface area contributed by atoms with Crippen molar-refractivity contribution < 1.29 is 4.74 Å². The zero-order chi connectivity index (χ0) is 13.6. The van der Waals surface area contributed by atoms with Crippen LogP contribution in [-0.4, -0.2) is 19.7 Å². The molecular weight excluding hydrogens is 282 g/mol. The van der Waals surface area contributed by atoms with Crippen LogP contribution in [0.2, 0.25) is 0 Å². The van der Waals surface area contributed by atoms with Gasteiger partial charge in [0.1, 0.15) is 5.75 Å². The van der Waals surface area contributed by atoms with Gasteiger partial charge in [0.05, 0.1) is 6.61 Å². The molecule has 2 aliphatic rings. The van der Waals surface area contributed by atoms with E-state index >= 15 is 0 Å². The van der Waals surface area contributed by atoms with Crippen molar-refractivity contribution in [2.75, 3.05) is 19.7 Å². The fourth-order valence-electron chi connectivity index (χ4n) is 3.53. The first-order valence-electron chi connectivity index (χ1n) is 8.35. The van der Waals surface area contributed by atoms with Crippen LogP contribution in [0.15, 0.2) is 24.3 Å². The van der Waals surface area contributed by atoms with E-state index in [2.05, 4.69) is 29.6 Å². The number of halogens is 1. The lowest BCUT2D eigenvalue weighted by Gasteiger charge is -2.23. The van der Waals surface area contributed by atoms with Gasteiger partial charge in [-0.3, -0.25) is 0 Å². The molecule has 0 spiro atoms. The van der Waals surface area contributed by atoms with Gasteiger partial charge >= 0.3 is 0 Å². The number of nitrogens with one attached hydrogen (secondary N) is 1. The van der Waals surface area contributed by atoms with Crippen molar-refractivity contribution in [3.05, 3.63) is 29.8 Å². The molecule has 1 aromatic rings. The number of hydrogen-bond acceptors (Lipinski definition) is 2. The second-order valence-electron chi connectivity index (χ2n) is 6.41. The van der Waals surface area contributed by atoms with Crippen LogP contribution in [0.1, 0.15) is 56.4 Å². The van der Waals surface area contributed by atoms with E-state index in [-0.39, 0.29) is 12.4 Å². The summed E-state index contributed by atoms with van der Waals surface area (Å²) in [5, 5.41) is 3.40. The highest BCUT2D eigenvalue weighted by atomic mass is 35.5. The third-order valence-corrected chi connectivity index (χ3v) is 4.90. The molecule has 0 radical (unpaired) electrons.